The summed E-state index contributed by atoms with van der Waals surface area (Å²) in [4.78, 5) is 21.8. The standard InChI is InChI=1S/C25H29N5O3/c1-4-18-12-11-17(23-28-22(25(2,3)32)21(33-23)16-9-10-16)15-29(18)24(31)19-7-5-6-8-20(19)30-26-13-14-27-30/h4-8,13-14,16-18,32H,1,9-12,15H2,2-3H3/t17-,18-/m1/s1. The number of piperidine rings is 1. The molecule has 0 unspecified atom stereocenters. The molecule has 1 N–H and O–H groups in total. The number of rotatable bonds is 6. The monoisotopic (exact) mass is 447 g/mol. The summed E-state index contributed by atoms with van der Waals surface area (Å²) in [7, 11) is 0. The predicted octanol–water partition coefficient (Wildman–Crippen LogP) is 3.93. The maximum atomic E-state index is 13.7. The normalized spacial score (nSPS) is 21.2. The van der Waals surface area contributed by atoms with E-state index >= 15 is 0 Å². The van der Waals surface area contributed by atoms with Crippen LogP contribution in [0.4, 0.5) is 0 Å². The zero-order chi connectivity index (χ0) is 23.2. The molecule has 8 nitrogen and oxygen atoms in total. The van der Waals surface area contributed by atoms with Gasteiger partial charge in [-0.25, -0.2) is 4.98 Å². The van der Waals surface area contributed by atoms with Crippen LogP contribution < -0.4 is 0 Å². The highest BCUT2D eigenvalue weighted by atomic mass is 16.4. The average Bonchev–Trinajstić information content (AvgIpc) is 3.32. The number of para-hydroxylation sites is 1. The molecule has 0 radical (unpaired) electrons. The second-order valence-corrected chi connectivity index (χ2v) is 9.47. The fourth-order valence-corrected chi connectivity index (χ4v) is 4.58. The van der Waals surface area contributed by atoms with Gasteiger partial charge in [0.15, 0.2) is 5.89 Å². The van der Waals surface area contributed by atoms with Crippen molar-refractivity contribution in [1.82, 2.24) is 24.9 Å². The zero-order valence-electron chi connectivity index (χ0n) is 19.0. The molecule has 3 heterocycles. The number of likely N-dealkylation sites (tertiary alicyclic amines) is 1. The number of aromatic nitrogens is 4. The number of carbonyl (C=O) groups excluding carboxylic acids is 1. The van der Waals surface area contributed by atoms with Gasteiger partial charge in [0, 0.05) is 12.5 Å². The molecule has 0 bridgehead atoms. The maximum Gasteiger partial charge on any atom is 0.256 e. The molecule has 5 rings (SSSR count). The molecule has 2 aliphatic rings. The van der Waals surface area contributed by atoms with E-state index in [4.69, 9.17) is 9.40 Å². The van der Waals surface area contributed by atoms with Crippen LogP contribution in [0.3, 0.4) is 0 Å². The Hall–Kier alpha value is -3.26. The summed E-state index contributed by atoms with van der Waals surface area (Å²) in [6.07, 6.45) is 8.72. The largest absolute Gasteiger partial charge is 0.445 e. The zero-order valence-corrected chi connectivity index (χ0v) is 19.0. The molecule has 1 amide bonds. The van der Waals surface area contributed by atoms with E-state index in [0.29, 0.717) is 35.3 Å². The predicted molar refractivity (Wildman–Crippen MR) is 122 cm³/mol. The Balaban J connectivity index is 1.46. The van der Waals surface area contributed by atoms with Gasteiger partial charge in [-0.3, -0.25) is 4.79 Å². The van der Waals surface area contributed by atoms with Gasteiger partial charge in [0.25, 0.3) is 5.91 Å². The minimum Gasteiger partial charge on any atom is -0.445 e. The van der Waals surface area contributed by atoms with Crippen molar-refractivity contribution in [2.24, 2.45) is 0 Å². The van der Waals surface area contributed by atoms with Gasteiger partial charge in [0.2, 0.25) is 0 Å². The van der Waals surface area contributed by atoms with E-state index in [0.717, 1.165) is 31.4 Å². The van der Waals surface area contributed by atoms with Gasteiger partial charge in [0.05, 0.1) is 35.6 Å². The third-order valence-electron chi connectivity index (χ3n) is 6.48. The lowest BCUT2D eigenvalue weighted by Gasteiger charge is -2.37. The van der Waals surface area contributed by atoms with Gasteiger partial charge in [-0.1, -0.05) is 18.2 Å². The number of hydrogen-bond donors (Lipinski definition) is 1. The third-order valence-corrected chi connectivity index (χ3v) is 6.48. The van der Waals surface area contributed by atoms with Crippen molar-refractivity contribution in [2.45, 2.75) is 63.0 Å². The topological polar surface area (TPSA) is 97.3 Å². The van der Waals surface area contributed by atoms with Crippen molar-refractivity contribution in [2.75, 3.05) is 6.54 Å². The maximum absolute atomic E-state index is 13.7. The average molecular weight is 448 g/mol. The van der Waals surface area contributed by atoms with Crippen molar-refractivity contribution in [3.8, 4) is 5.69 Å². The molecule has 1 aromatic carbocycles. The Labute approximate surface area is 192 Å². The summed E-state index contributed by atoms with van der Waals surface area (Å²) in [5.41, 5.74) is 0.723. The van der Waals surface area contributed by atoms with Gasteiger partial charge >= 0.3 is 0 Å². The molecule has 1 saturated heterocycles. The first-order chi connectivity index (χ1) is 15.9. The summed E-state index contributed by atoms with van der Waals surface area (Å²) in [6.45, 7) is 7.91. The summed E-state index contributed by atoms with van der Waals surface area (Å²) < 4.78 is 6.23. The summed E-state index contributed by atoms with van der Waals surface area (Å²) in [6, 6.07) is 7.26. The Kier molecular flexibility index (Phi) is 5.40. The van der Waals surface area contributed by atoms with Crippen LogP contribution in [0.25, 0.3) is 5.69 Å². The van der Waals surface area contributed by atoms with Gasteiger partial charge in [-0.15, -0.1) is 6.58 Å². The molecule has 1 aliphatic carbocycles. The van der Waals surface area contributed by atoms with E-state index in [2.05, 4.69) is 16.8 Å². The van der Waals surface area contributed by atoms with E-state index in [-0.39, 0.29) is 17.9 Å². The number of hydrogen-bond acceptors (Lipinski definition) is 6. The van der Waals surface area contributed by atoms with Crippen LogP contribution >= 0.6 is 0 Å². The molecular formula is C25H29N5O3. The van der Waals surface area contributed by atoms with E-state index in [1.54, 1.807) is 32.3 Å². The first kappa shape index (κ1) is 21.6. The smallest absolute Gasteiger partial charge is 0.256 e. The van der Waals surface area contributed by atoms with Crippen molar-refractivity contribution < 1.29 is 14.3 Å². The lowest BCUT2D eigenvalue weighted by molar-refractivity contribution is 0.0627. The minimum atomic E-state index is -1.07. The highest BCUT2D eigenvalue weighted by Crippen LogP contribution is 2.45. The summed E-state index contributed by atoms with van der Waals surface area (Å²) in [5, 5.41) is 19.0. The quantitative estimate of drug-likeness (QED) is 0.575. The van der Waals surface area contributed by atoms with Gasteiger partial charge in [0.1, 0.15) is 17.1 Å². The fraction of sp³-hybridized carbons (Fsp3) is 0.440. The fourth-order valence-electron chi connectivity index (χ4n) is 4.58. The number of aliphatic hydroxyl groups is 1. The van der Waals surface area contributed by atoms with E-state index in [9.17, 15) is 9.90 Å². The van der Waals surface area contributed by atoms with Crippen molar-refractivity contribution in [3.05, 3.63) is 72.2 Å². The van der Waals surface area contributed by atoms with Gasteiger partial charge in [-0.2, -0.15) is 15.0 Å². The molecule has 2 aromatic heterocycles. The number of carbonyl (C=O) groups is 1. The molecule has 2 atom stereocenters. The van der Waals surface area contributed by atoms with E-state index in [1.807, 2.05) is 29.2 Å². The molecule has 0 spiro atoms. The Morgan fingerprint density at radius 2 is 1.85 bits per heavy atom. The van der Waals surface area contributed by atoms with Crippen LogP contribution in [0, 0.1) is 0 Å². The number of amides is 1. The lowest BCUT2D eigenvalue weighted by atomic mass is 9.91. The van der Waals surface area contributed by atoms with Gasteiger partial charge < -0.3 is 14.4 Å². The van der Waals surface area contributed by atoms with Crippen LogP contribution in [0.5, 0.6) is 0 Å². The molecule has 3 aromatic rings. The molecule has 1 aliphatic heterocycles. The number of oxazole rings is 1. The third kappa shape index (κ3) is 4.11. The molecule has 8 heteroatoms. The first-order valence-corrected chi connectivity index (χ1v) is 11.5. The van der Waals surface area contributed by atoms with Crippen molar-refractivity contribution in [3.63, 3.8) is 0 Å². The van der Waals surface area contributed by atoms with E-state index in [1.165, 1.54) is 4.80 Å². The summed E-state index contributed by atoms with van der Waals surface area (Å²) in [5.74, 6) is 1.60. The van der Waals surface area contributed by atoms with Crippen molar-refractivity contribution >= 4 is 5.91 Å². The summed E-state index contributed by atoms with van der Waals surface area (Å²) >= 11 is 0. The number of nitrogens with zero attached hydrogens (tertiary/aromatic N) is 5. The molecule has 2 fully saturated rings. The van der Waals surface area contributed by atoms with Crippen LogP contribution in [0.15, 0.2) is 53.7 Å². The Morgan fingerprint density at radius 1 is 1.15 bits per heavy atom. The van der Waals surface area contributed by atoms with Crippen molar-refractivity contribution in [1.29, 1.82) is 0 Å². The van der Waals surface area contributed by atoms with Crippen LogP contribution in [0.1, 0.15) is 79.1 Å². The molecule has 1 saturated carbocycles. The first-order valence-electron chi connectivity index (χ1n) is 11.5. The Bertz CT molecular complexity index is 1160. The Morgan fingerprint density at radius 3 is 2.52 bits per heavy atom. The number of benzene rings is 1. The second kappa shape index (κ2) is 8.26. The lowest BCUT2D eigenvalue weighted by Crippen LogP contribution is -2.45. The molecule has 172 valence electrons. The highest BCUT2D eigenvalue weighted by Gasteiger charge is 2.40. The van der Waals surface area contributed by atoms with E-state index < -0.39 is 5.60 Å². The van der Waals surface area contributed by atoms with Crippen LogP contribution in [-0.2, 0) is 5.60 Å². The van der Waals surface area contributed by atoms with Crippen LogP contribution in [0.2, 0.25) is 0 Å². The second-order valence-electron chi connectivity index (χ2n) is 9.47. The molecule has 33 heavy (non-hydrogen) atoms. The highest BCUT2D eigenvalue weighted by molar-refractivity contribution is 5.98. The molecular weight excluding hydrogens is 418 g/mol. The van der Waals surface area contributed by atoms with Gasteiger partial charge in [-0.05, 0) is 51.7 Å². The SMILES string of the molecule is C=C[C@@H]1CC[C@@H](c2nc(C(C)(C)O)c(C3CC3)o2)CN1C(=O)c1ccccc1-n1nccn1. The van der Waals surface area contributed by atoms with Crippen LogP contribution in [-0.4, -0.2) is 48.5 Å². The minimum absolute atomic E-state index is 0.0475.